The predicted molar refractivity (Wildman–Crippen MR) is 61.7 cm³/mol. The van der Waals surface area contributed by atoms with E-state index in [1.807, 2.05) is 6.92 Å². The molecule has 0 spiro atoms. The highest BCUT2D eigenvalue weighted by Gasteiger charge is 2.36. The molecule has 1 fully saturated rings. The monoisotopic (exact) mass is 244 g/mol. The maximum Gasteiger partial charge on any atom is 0.320 e. The molecule has 2 atom stereocenters. The normalized spacial score (nSPS) is 23.1. The number of carboxylic acids is 1. The minimum absolute atomic E-state index is 0.188. The van der Waals surface area contributed by atoms with Gasteiger partial charge < -0.3 is 15.2 Å². The molecule has 2 N–H and O–H groups in total. The van der Waals surface area contributed by atoms with Crippen molar-refractivity contribution in [3.05, 3.63) is 0 Å². The van der Waals surface area contributed by atoms with Gasteiger partial charge in [-0.3, -0.25) is 14.5 Å². The van der Waals surface area contributed by atoms with Crippen molar-refractivity contribution in [2.75, 3.05) is 26.8 Å². The van der Waals surface area contributed by atoms with Crippen LogP contribution >= 0.6 is 0 Å². The van der Waals surface area contributed by atoms with E-state index < -0.39 is 18.1 Å². The number of rotatable bonds is 5. The number of nitrogens with one attached hydrogen (secondary N) is 1. The number of carbonyl (C=O) groups excluding carboxylic acids is 1. The average Bonchev–Trinajstić information content (AvgIpc) is 2.34. The Balaban J connectivity index is 2.80. The molecule has 1 aliphatic heterocycles. The van der Waals surface area contributed by atoms with Crippen LogP contribution in [0.1, 0.15) is 19.8 Å². The molecule has 98 valence electrons. The third-order valence-corrected chi connectivity index (χ3v) is 2.97. The lowest BCUT2D eigenvalue weighted by atomic mass is 10.1. The summed E-state index contributed by atoms with van der Waals surface area (Å²) < 4.78 is 5.25. The van der Waals surface area contributed by atoms with Gasteiger partial charge in [-0.15, -0.1) is 0 Å². The summed E-state index contributed by atoms with van der Waals surface area (Å²) in [5.74, 6) is -1.06. The standard InChI is InChI=1S/C11H20N2O4/c1-3-4-8(11(15)16)13-5-6-17-7-9(13)10(14)12-2/h8-9H,3-7H2,1-2H3,(H,12,14)(H,15,16). The zero-order chi connectivity index (χ0) is 12.8. The fourth-order valence-electron chi connectivity index (χ4n) is 2.09. The topological polar surface area (TPSA) is 78.9 Å². The van der Waals surface area contributed by atoms with Crippen LogP contribution in [0.15, 0.2) is 0 Å². The fourth-order valence-corrected chi connectivity index (χ4v) is 2.09. The Hall–Kier alpha value is -1.14. The zero-order valence-electron chi connectivity index (χ0n) is 10.3. The first-order valence-electron chi connectivity index (χ1n) is 5.89. The Morgan fingerprint density at radius 3 is 2.82 bits per heavy atom. The first-order chi connectivity index (χ1) is 8.11. The third-order valence-electron chi connectivity index (χ3n) is 2.97. The largest absolute Gasteiger partial charge is 0.480 e. The van der Waals surface area contributed by atoms with Crippen LogP contribution in [0.4, 0.5) is 0 Å². The van der Waals surface area contributed by atoms with Crippen LogP contribution in [-0.2, 0) is 14.3 Å². The maximum absolute atomic E-state index is 11.7. The molecule has 0 aromatic carbocycles. The Labute approximate surface area is 101 Å². The Morgan fingerprint density at radius 1 is 1.59 bits per heavy atom. The van der Waals surface area contributed by atoms with E-state index in [9.17, 15) is 14.7 Å². The van der Waals surface area contributed by atoms with Gasteiger partial charge in [0.15, 0.2) is 0 Å². The van der Waals surface area contributed by atoms with Gasteiger partial charge in [0.25, 0.3) is 0 Å². The van der Waals surface area contributed by atoms with Gasteiger partial charge in [0.05, 0.1) is 13.2 Å². The summed E-state index contributed by atoms with van der Waals surface area (Å²) in [4.78, 5) is 24.6. The van der Waals surface area contributed by atoms with Crippen molar-refractivity contribution >= 4 is 11.9 Å². The molecule has 1 heterocycles. The van der Waals surface area contributed by atoms with Gasteiger partial charge >= 0.3 is 5.97 Å². The first kappa shape index (κ1) is 13.9. The quantitative estimate of drug-likeness (QED) is 0.693. The Bertz CT molecular complexity index is 279. The van der Waals surface area contributed by atoms with Crippen LogP contribution < -0.4 is 5.32 Å². The number of nitrogens with zero attached hydrogens (tertiary/aromatic N) is 1. The summed E-state index contributed by atoms with van der Waals surface area (Å²) in [7, 11) is 1.55. The summed E-state index contributed by atoms with van der Waals surface area (Å²) in [6, 6.07) is -1.10. The lowest BCUT2D eigenvalue weighted by molar-refractivity contribution is -0.151. The summed E-state index contributed by atoms with van der Waals surface area (Å²) in [5.41, 5.74) is 0. The van der Waals surface area contributed by atoms with E-state index in [0.717, 1.165) is 6.42 Å². The molecular formula is C11H20N2O4. The molecule has 6 nitrogen and oxygen atoms in total. The highest BCUT2D eigenvalue weighted by atomic mass is 16.5. The first-order valence-corrected chi connectivity index (χ1v) is 5.89. The van der Waals surface area contributed by atoms with E-state index in [1.165, 1.54) is 0 Å². The SMILES string of the molecule is CCCC(C(=O)O)N1CCOCC1C(=O)NC. The van der Waals surface area contributed by atoms with E-state index in [1.54, 1.807) is 11.9 Å². The van der Waals surface area contributed by atoms with E-state index in [2.05, 4.69) is 5.32 Å². The average molecular weight is 244 g/mol. The highest BCUT2D eigenvalue weighted by molar-refractivity contribution is 5.83. The molecule has 1 aliphatic rings. The van der Waals surface area contributed by atoms with Crippen LogP contribution in [0.2, 0.25) is 0 Å². The number of morpholine rings is 1. The fraction of sp³-hybridized carbons (Fsp3) is 0.818. The minimum Gasteiger partial charge on any atom is -0.480 e. The second kappa shape index (κ2) is 6.56. The van der Waals surface area contributed by atoms with Gasteiger partial charge in [-0.25, -0.2) is 0 Å². The second-order valence-electron chi connectivity index (χ2n) is 4.09. The summed E-state index contributed by atoms with van der Waals surface area (Å²) in [5, 5.41) is 11.8. The summed E-state index contributed by atoms with van der Waals surface area (Å²) in [6.07, 6.45) is 1.32. The number of carbonyl (C=O) groups is 2. The molecule has 6 heteroatoms. The van der Waals surface area contributed by atoms with Gasteiger partial charge in [0.2, 0.25) is 5.91 Å². The number of hydrogen-bond acceptors (Lipinski definition) is 4. The molecule has 1 rings (SSSR count). The second-order valence-corrected chi connectivity index (χ2v) is 4.09. The van der Waals surface area contributed by atoms with E-state index in [4.69, 9.17) is 4.74 Å². The van der Waals surface area contributed by atoms with Crippen LogP contribution in [0, 0.1) is 0 Å². The molecular weight excluding hydrogens is 224 g/mol. The Kier molecular flexibility index (Phi) is 5.37. The van der Waals surface area contributed by atoms with E-state index in [0.29, 0.717) is 19.6 Å². The summed E-state index contributed by atoms with van der Waals surface area (Å²) in [6.45, 7) is 3.15. The number of amides is 1. The zero-order valence-corrected chi connectivity index (χ0v) is 10.3. The summed E-state index contributed by atoms with van der Waals surface area (Å²) >= 11 is 0. The smallest absolute Gasteiger partial charge is 0.320 e. The Morgan fingerprint density at radius 2 is 2.29 bits per heavy atom. The lowest BCUT2D eigenvalue weighted by Gasteiger charge is -2.37. The van der Waals surface area contributed by atoms with Crippen molar-refractivity contribution in [1.82, 2.24) is 10.2 Å². The maximum atomic E-state index is 11.7. The molecule has 0 aromatic heterocycles. The highest BCUT2D eigenvalue weighted by Crippen LogP contribution is 2.15. The van der Waals surface area contributed by atoms with Crippen molar-refractivity contribution in [1.29, 1.82) is 0 Å². The molecule has 0 radical (unpaired) electrons. The van der Waals surface area contributed by atoms with Gasteiger partial charge in [0.1, 0.15) is 12.1 Å². The number of ether oxygens (including phenoxy) is 1. The minimum atomic E-state index is -0.873. The molecule has 0 aliphatic carbocycles. The van der Waals surface area contributed by atoms with Crippen molar-refractivity contribution in [2.24, 2.45) is 0 Å². The number of carboxylic acid groups (broad SMARTS) is 1. The lowest BCUT2D eigenvalue weighted by Crippen LogP contribution is -2.58. The molecule has 0 aromatic rings. The number of hydrogen-bond donors (Lipinski definition) is 2. The van der Waals surface area contributed by atoms with Gasteiger partial charge in [-0.1, -0.05) is 13.3 Å². The third kappa shape index (κ3) is 3.41. The van der Waals surface area contributed by atoms with Gasteiger partial charge in [0, 0.05) is 13.6 Å². The molecule has 2 unspecified atom stereocenters. The van der Waals surface area contributed by atoms with Gasteiger partial charge in [-0.05, 0) is 6.42 Å². The van der Waals surface area contributed by atoms with Crippen LogP contribution in [0.25, 0.3) is 0 Å². The van der Waals surface area contributed by atoms with Crippen molar-refractivity contribution in [2.45, 2.75) is 31.8 Å². The van der Waals surface area contributed by atoms with Gasteiger partial charge in [-0.2, -0.15) is 0 Å². The number of likely N-dealkylation sites (N-methyl/N-ethyl adjacent to an activating group) is 1. The van der Waals surface area contributed by atoms with Crippen molar-refractivity contribution in [3.63, 3.8) is 0 Å². The van der Waals surface area contributed by atoms with E-state index in [-0.39, 0.29) is 12.5 Å². The number of aliphatic carboxylic acids is 1. The van der Waals surface area contributed by atoms with Crippen molar-refractivity contribution < 1.29 is 19.4 Å². The molecule has 1 saturated heterocycles. The molecule has 17 heavy (non-hydrogen) atoms. The van der Waals surface area contributed by atoms with E-state index >= 15 is 0 Å². The van der Waals surface area contributed by atoms with Crippen LogP contribution in [0.3, 0.4) is 0 Å². The molecule has 0 bridgehead atoms. The van der Waals surface area contributed by atoms with Crippen molar-refractivity contribution in [3.8, 4) is 0 Å². The van der Waals surface area contributed by atoms with Crippen LogP contribution in [0.5, 0.6) is 0 Å². The van der Waals surface area contributed by atoms with Crippen LogP contribution in [-0.4, -0.2) is 60.8 Å². The predicted octanol–water partition coefficient (Wildman–Crippen LogP) is -0.313. The molecule has 1 amide bonds. The molecule has 0 saturated carbocycles.